The van der Waals surface area contributed by atoms with Gasteiger partial charge in [0.15, 0.2) is 17.8 Å². The number of unbranched alkanes of at least 4 members (excludes halogenated alkanes) is 5. The van der Waals surface area contributed by atoms with Gasteiger partial charge in [-0.25, -0.2) is 19.7 Å². The summed E-state index contributed by atoms with van der Waals surface area (Å²) in [7, 11) is 0. The molecule has 0 aliphatic rings. The molecule has 0 radical (unpaired) electrons. The van der Waals surface area contributed by atoms with Gasteiger partial charge in [0.25, 0.3) is 0 Å². The number of esters is 1. The molecule has 7 heteroatoms. The highest BCUT2D eigenvalue weighted by molar-refractivity contribution is 5.85. The standard InChI is InChI=1S/C38H39N3O4/c1-3-4-5-6-7-14-23-44-38(43)27(2)45-31-20-22-33(35(42)25-31)37-40-26-39-36(41-37)32-21-19-30(28-15-10-8-11-16-28)24-34(32)29-17-12-9-13-18-29/h8-13,15-22,24-27,42H,3-7,14,23H2,1-2H3. The van der Waals surface area contributed by atoms with Crippen LogP contribution in [0.2, 0.25) is 0 Å². The van der Waals surface area contributed by atoms with E-state index < -0.39 is 12.1 Å². The summed E-state index contributed by atoms with van der Waals surface area (Å²) in [5, 5.41) is 10.9. The highest BCUT2D eigenvalue weighted by atomic mass is 16.6. The number of aromatic nitrogens is 3. The number of hydrogen-bond acceptors (Lipinski definition) is 7. The van der Waals surface area contributed by atoms with Crippen LogP contribution >= 0.6 is 0 Å². The highest BCUT2D eigenvalue weighted by Gasteiger charge is 2.19. The first-order valence-electron chi connectivity index (χ1n) is 15.6. The summed E-state index contributed by atoms with van der Waals surface area (Å²) >= 11 is 0. The van der Waals surface area contributed by atoms with Gasteiger partial charge in [-0.2, -0.15) is 0 Å². The Morgan fingerprint density at radius 3 is 2.07 bits per heavy atom. The molecule has 1 aromatic heterocycles. The van der Waals surface area contributed by atoms with Crippen LogP contribution in [-0.2, 0) is 9.53 Å². The van der Waals surface area contributed by atoms with Gasteiger partial charge in [0.2, 0.25) is 0 Å². The Morgan fingerprint density at radius 1 is 0.711 bits per heavy atom. The number of rotatable bonds is 14. The minimum atomic E-state index is -0.811. The average Bonchev–Trinajstić information content (AvgIpc) is 3.08. The Balaban J connectivity index is 1.32. The first-order valence-corrected chi connectivity index (χ1v) is 15.6. The molecule has 1 unspecified atom stereocenters. The summed E-state index contributed by atoms with van der Waals surface area (Å²) < 4.78 is 11.2. The molecule has 0 bridgehead atoms. The van der Waals surface area contributed by atoms with Gasteiger partial charge in [0, 0.05) is 11.6 Å². The van der Waals surface area contributed by atoms with Gasteiger partial charge < -0.3 is 14.6 Å². The summed E-state index contributed by atoms with van der Waals surface area (Å²) in [4.78, 5) is 26.0. The minimum Gasteiger partial charge on any atom is -0.507 e. The lowest BCUT2D eigenvalue weighted by Crippen LogP contribution is -2.26. The lowest BCUT2D eigenvalue weighted by atomic mass is 9.94. The van der Waals surface area contributed by atoms with Crippen molar-refractivity contribution in [1.82, 2.24) is 15.0 Å². The molecule has 4 aromatic carbocycles. The summed E-state index contributed by atoms with van der Waals surface area (Å²) in [5.41, 5.74) is 5.49. The van der Waals surface area contributed by atoms with E-state index in [4.69, 9.17) is 14.5 Å². The maximum atomic E-state index is 12.4. The fourth-order valence-corrected chi connectivity index (χ4v) is 5.16. The second kappa shape index (κ2) is 15.6. The molecule has 0 fully saturated rings. The number of hydrogen-bond donors (Lipinski definition) is 1. The molecule has 0 aliphatic heterocycles. The molecule has 0 aliphatic carbocycles. The van der Waals surface area contributed by atoms with Gasteiger partial charge in [0.05, 0.1) is 12.2 Å². The third-order valence-corrected chi connectivity index (χ3v) is 7.62. The van der Waals surface area contributed by atoms with Gasteiger partial charge in [-0.3, -0.25) is 0 Å². The highest BCUT2D eigenvalue weighted by Crippen LogP contribution is 2.36. The zero-order valence-corrected chi connectivity index (χ0v) is 25.9. The first kappa shape index (κ1) is 31.4. The Bertz CT molecular complexity index is 1690. The summed E-state index contributed by atoms with van der Waals surface area (Å²) in [5.74, 6) is 0.653. The normalized spacial score (nSPS) is 11.6. The van der Waals surface area contributed by atoms with Gasteiger partial charge in [-0.1, -0.05) is 106 Å². The van der Waals surface area contributed by atoms with Crippen molar-refractivity contribution in [2.75, 3.05) is 6.61 Å². The molecule has 5 aromatic rings. The van der Waals surface area contributed by atoms with Gasteiger partial charge in [-0.05, 0) is 59.9 Å². The van der Waals surface area contributed by atoms with Crippen molar-refractivity contribution < 1.29 is 19.4 Å². The molecule has 1 heterocycles. The smallest absolute Gasteiger partial charge is 0.347 e. The van der Waals surface area contributed by atoms with Gasteiger partial charge >= 0.3 is 5.97 Å². The van der Waals surface area contributed by atoms with E-state index in [0.29, 0.717) is 29.6 Å². The van der Waals surface area contributed by atoms with Crippen molar-refractivity contribution in [2.45, 2.75) is 58.5 Å². The predicted molar refractivity (Wildman–Crippen MR) is 178 cm³/mol. The number of phenolic OH excluding ortho intramolecular Hbond substituents is 1. The number of phenols is 1. The molecule has 0 amide bonds. The number of benzene rings is 4. The first-order chi connectivity index (χ1) is 22.0. The van der Waals surface area contributed by atoms with Crippen LogP contribution in [0.15, 0.2) is 103 Å². The molecule has 0 spiro atoms. The molecule has 5 rings (SSSR count). The van der Waals surface area contributed by atoms with E-state index in [0.717, 1.165) is 47.1 Å². The Hall–Kier alpha value is -5.04. The SMILES string of the molecule is CCCCCCCCOC(=O)C(C)Oc1ccc(-c2ncnc(-c3ccc(-c4ccccc4)cc3-c3ccccc3)n2)c(O)c1. The van der Waals surface area contributed by atoms with E-state index in [9.17, 15) is 9.90 Å². The van der Waals surface area contributed by atoms with Gasteiger partial charge in [-0.15, -0.1) is 0 Å². The Morgan fingerprint density at radius 2 is 1.36 bits per heavy atom. The van der Waals surface area contributed by atoms with Crippen molar-refractivity contribution in [3.8, 4) is 56.5 Å². The van der Waals surface area contributed by atoms with Crippen LogP contribution in [0.1, 0.15) is 52.4 Å². The van der Waals surface area contributed by atoms with Crippen LogP contribution in [-0.4, -0.2) is 38.7 Å². The van der Waals surface area contributed by atoms with Crippen LogP contribution in [0.4, 0.5) is 0 Å². The van der Waals surface area contributed by atoms with Crippen molar-refractivity contribution in [1.29, 1.82) is 0 Å². The number of ether oxygens (including phenoxy) is 2. The van der Waals surface area contributed by atoms with E-state index >= 15 is 0 Å². The number of nitrogens with zero attached hydrogens (tertiary/aromatic N) is 3. The topological polar surface area (TPSA) is 94.4 Å². The Kier molecular flexibility index (Phi) is 10.9. The van der Waals surface area contributed by atoms with Crippen LogP contribution in [0.3, 0.4) is 0 Å². The quantitative estimate of drug-likeness (QED) is 0.100. The lowest BCUT2D eigenvalue weighted by molar-refractivity contribution is -0.151. The Labute approximate surface area is 265 Å². The van der Waals surface area contributed by atoms with Crippen LogP contribution in [0.5, 0.6) is 11.5 Å². The van der Waals surface area contributed by atoms with Crippen molar-refractivity contribution >= 4 is 5.97 Å². The molecule has 1 atom stereocenters. The molecular formula is C38H39N3O4. The summed E-state index contributed by atoms with van der Waals surface area (Å²) in [6.07, 6.45) is 7.34. The lowest BCUT2D eigenvalue weighted by Gasteiger charge is -2.15. The van der Waals surface area contributed by atoms with Crippen LogP contribution < -0.4 is 4.74 Å². The number of carbonyl (C=O) groups is 1. The molecular weight excluding hydrogens is 562 g/mol. The zero-order chi connectivity index (χ0) is 31.4. The summed E-state index contributed by atoms with van der Waals surface area (Å²) in [6.45, 7) is 4.21. The van der Waals surface area contributed by atoms with E-state index in [2.05, 4.69) is 53.3 Å². The number of aromatic hydroxyl groups is 1. The monoisotopic (exact) mass is 601 g/mol. The van der Waals surface area contributed by atoms with E-state index in [-0.39, 0.29) is 5.75 Å². The molecule has 0 saturated heterocycles. The fourth-order valence-electron chi connectivity index (χ4n) is 5.16. The van der Waals surface area contributed by atoms with Crippen LogP contribution in [0.25, 0.3) is 45.0 Å². The molecule has 0 saturated carbocycles. The predicted octanol–water partition coefficient (Wildman–Crippen LogP) is 8.92. The third kappa shape index (κ3) is 8.32. The van der Waals surface area contributed by atoms with Crippen molar-refractivity contribution in [2.24, 2.45) is 0 Å². The molecule has 7 nitrogen and oxygen atoms in total. The minimum absolute atomic E-state index is 0.0694. The van der Waals surface area contributed by atoms with E-state index in [1.165, 1.54) is 31.7 Å². The molecule has 45 heavy (non-hydrogen) atoms. The third-order valence-electron chi connectivity index (χ3n) is 7.62. The maximum Gasteiger partial charge on any atom is 0.347 e. The molecule has 1 N–H and O–H groups in total. The number of carbonyl (C=O) groups excluding carboxylic acids is 1. The fraction of sp³-hybridized carbons (Fsp3) is 0.263. The second-order valence-corrected chi connectivity index (χ2v) is 11.0. The van der Waals surface area contributed by atoms with Crippen molar-refractivity contribution in [3.05, 3.63) is 103 Å². The largest absolute Gasteiger partial charge is 0.507 e. The maximum absolute atomic E-state index is 12.4. The van der Waals surface area contributed by atoms with Crippen molar-refractivity contribution in [3.63, 3.8) is 0 Å². The average molecular weight is 602 g/mol. The summed E-state index contributed by atoms with van der Waals surface area (Å²) in [6, 6.07) is 31.4. The van der Waals surface area contributed by atoms with Gasteiger partial charge in [0.1, 0.15) is 17.8 Å². The zero-order valence-electron chi connectivity index (χ0n) is 25.9. The second-order valence-electron chi connectivity index (χ2n) is 11.0. The van der Waals surface area contributed by atoms with E-state index in [1.807, 2.05) is 42.5 Å². The molecule has 230 valence electrons. The van der Waals surface area contributed by atoms with Crippen LogP contribution in [0, 0.1) is 0 Å². The van der Waals surface area contributed by atoms with E-state index in [1.54, 1.807) is 19.1 Å².